The predicted molar refractivity (Wildman–Crippen MR) is 91.3 cm³/mol. The number of hydrogen-bond acceptors (Lipinski definition) is 3. The minimum absolute atomic E-state index is 0.0940. The molecule has 0 radical (unpaired) electrons. The number of hydrogen-bond donors (Lipinski definition) is 2. The Morgan fingerprint density at radius 3 is 2.13 bits per heavy atom. The number of anilines is 2. The Kier molecular flexibility index (Phi) is 5.11. The first-order chi connectivity index (χ1) is 10.8. The number of carbonyl (C=O) groups is 2. The largest absolute Gasteiger partial charge is 0.311 e. The lowest BCUT2D eigenvalue weighted by Crippen LogP contribution is -2.20. The molecule has 120 valence electrons. The second-order valence-electron chi connectivity index (χ2n) is 6.51. The Balaban J connectivity index is 2.02. The van der Waals surface area contributed by atoms with Crippen molar-refractivity contribution in [2.24, 2.45) is 5.41 Å². The second-order valence-corrected chi connectivity index (χ2v) is 6.51. The van der Waals surface area contributed by atoms with E-state index in [1.807, 2.05) is 26.8 Å². The molecular formula is C18H21N3O2. The molecule has 1 aromatic heterocycles. The molecule has 2 aromatic rings. The van der Waals surface area contributed by atoms with Gasteiger partial charge in [0.2, 0.25) is 5.91 Å². The molecule has 0 spiro atoms. The van der Waals surface area contributed by atoms with Crippen LogP contribution in [-0.2, 0) is 4.79 Å². The fourth-order valence-electron chi connectivity index (χ4n) is 2.02. The van der Waals surface area contributed by atoms with Gasteiger partial charge in [-0.15, -0.1) is 0 Å². The molecule has 23 heavy (non-hydrogen) atoms. The molecule has 0 saturated carbocycles. The van der Waals surface area contributed by atoms with Gasteiger partial charge in [0.05, 0.1) is 0 Å². The van der Waals surface area contributed by atoms with Crippen LogP contribution in [0.1, 0.15) is 37.6 Å². The number of aromatic nitrogens is 1. The maximum atomic E-state index is 12.1. The van der Waals surface area contributed by atoms with E-state index >= 15 is 0 Å². The van der Waals surface area contributed by atoms with Crippen LogP contribution in [0.15, 0.2) is 48.5 Å². The zero-order valence-electron chi connectivity index (χ0n) is 13.6. The third kappa shape index (κ3) is 5.54. The van der Waals surface area contributed by atoms with Crippen molar-refractivity contribution in [2.75, 3.05) is 10.6 Å². The summed E-state index contributed by atoms with van der Waals surface area (Å²) in [5.41, 5.74) is 0.458. The minimum Gasteiger partial charge on any atom is -0.311 e. The molecule has 0 bridgehead atoms. The standard InChI is InChI=1S/C18H21N3O2/c1-18(2,3)12-16(22)20-14-10-7-11-15(19-14)21-17(23)13-8-5-4-6-9-13/h4-11H,12H2,1-3H3,(H2,19,20,21,22,23). The third-order valence-corrected chi connectivity index (χ3v) is 2.99. The summed E-state index contributed by atoms with van der Waals surface area (Å²) in [5, 5.41) is 5.47. The van der Waals surface area contributed by atoms with Gasteiger partial charge in [-0.1, -0.05) is 45.0 Å². The normalized spacial score (nSPS) is 10.9. The van der Waals surface area contributed by atoms with E-state index in [0.29, 0.717) is 23.6 Å². The number of rotatable bonds is 4. The Labute approximate surface area is 136 Å². The molecule has 0 aliphatic carbocycles. The lowest BCUT2D eigenvalue weighted by Gasteiger charge is -2.17. The summed E-state index contributed by atoms with van der Waals surface area (Å²) in [4.78, 5) is 28.3. The second kappa shape index (κ2) is 7.05. The Morgan fingerprint density at radius 1 is 0.913 bits per heavy atom. The molecule has 2 amide bonds. The first-order valence-corrected chi connectivity index (χ1v) is 7.47. The van der Waals surface area contributed by atoms with Crippen molar-refractivity contribution in [3.8, 4) is 0 Å². The van der Waals surface area contributed by atoms with Gasteiger partial charge >= 0.3 is 0 Å². The van der Waals surface area contributed by atoms with Crippen LogP contribution in [0.4, 0.5) is 11.6 Å². The molecule has 0 aliphatic heterocycles. The van der Waals surface area contributed by atoms with Crippen molar-refractivity contribution >= 4 is 23.5 Å². The average molecular weight is 311 g/mol. The van der Waals surface area contributed by atoms with Gasteiger partial charge in [0.25, 0.3) is 5.91 Å². The Hall–Kier alpha value is -2.69. The highest BCUT2D eigenvalue weighted by atomic mass is 16.2. The summed E-state index contributed by atoms with van der Waals surface area (Å²) in [6.45, 7) is 5.99. The van der Waals surface area contributed by atoms with E-state index in [9.17, 15) is 9.59 Å². The van der Waals surface area contributed by atoms with E-state index in [4.69, 9.17) is 0 Å². The quantitative estimate of drug-likeness (QED) is 0.904. The third-order valence-electron chi connectivity index (χ3n) is 2.99. The minimum atomic E-state index is -0.240. The fourth-order valence-corrected chi connectivity index (χ4v) is 2.02. The number of benzene rings is 1. The highest BCUT2D eigenvalue weighted by Crippen LogP contribution is 2.19. The van der Waals surface area contributed by atoms with Crippen molar-refractivity contribution in [3.05, 3.63) is 54.1 Å². The van der Waals surface area contributed by atoms with E-state index in [-0.39, 0.29) is 17.2 Å². The first-order valence-electron chi connectivity index (χ1n) is 7.47. The van der Waals surface area contributed by atoms with Gasteiger partial charge in [-0.3, -0.25) is 9.59 Å². The van der Waals surface area contributed by atoms with Gasteiger partial charge in [-0.2, -0.15) is 0 Å². The summed E-state index contributed by atoms with van der Waals surface area (Å²) in [5.74, 6) is 0.477. The molecule has 5 nitrogen and oxygen atoms in total. The smallest absolute Gasteiger partial charge is 0.256 e. The number of pyridine rings is 1. The van der Waals surface area contributed by atoms with Crippen LogP contribution < -0.4 is 10.6 Å². The Bertz CT molecular complexity index is 691. The molecule has 0 aliphatic rings. The topological polar surface area (TPSA) is 71.1 Å². The van der Waals surface area contributed by atoms with Gasteiger partial charge < -0.3 is 10.6 Å². The van der Waals surface area contributed by atoms with Crippen molar-refractivity contribution < 1.29 is 9.59 Å². The SMILES string of the molecule is CC(C)(C)CC(=O)Nc1cccc(NC(=O)c2ccccc2)n1. The Morgan fingerprint density at radius 2 is 1.52 bits per heavy atom. The van der Waals surface area contributed by atoms with Crippen molar-refractivity contribution in [3.63, 3.8) is 0 Å². The van der Waals surface area contributed by atoms with Crippen LogP contribution in [0, 0.1) is 5.41 Å². The molecule has 1 heterocycles. The van der Waals surface area contributed by atoms with E-state index in [1.165, 1.54) is 0 Å². The van der Waals surface area contributed by atoms with Gasteiger partial charge in [0, 0.05) is 12.0 Å². The fraction of sp³-hybridized carbons (Fsp3) is 0.278. The highest BCUT2D eigenvalue weighted by molar-refractivity contribution is 6.03. The van der Waals surface area contributed by atoms with E-state index in [0.717, 1.165) is 0 Å². The lowest BCUT2D eigenvalue weighted by molar-refractivity contribution is -0.117. The maximum absolute atomic E-state index is 12.1. The first kappa shape index (κ1) is 16.7. The molecule has 0 saturated heterocycles. The van der Waals surface area contributed by atoms with Crippen LogP contribution in [0.25, 0.3) is 0 Å². The van der Waals surface area contributed by atoms with Crippen LogP contribution >= 0.6 is 0 Å². The molecular weight excluding hydrogens is 290 g/mol. The predicted octanol–water partition coefficient (Wildman–Crippen LogP) is 3.71. The van der Waals surface area contributed by atoms with Crippen LogP contribution in [0.5, 0.6) is 0 Å². The van der Waals surface area contributed by atoms with Crippen LogP contribution in [0.3, 0.4) is 0 Å². The van der Waals surface area contributed by atoms with Gasteiger partial charge in [-0.05, 0) is 29.7 Å². The van der Waals surface area contributed by atoms with E-state index in [2.05, 4.69) is 15.6 Å². The van der Waals surface area contributed by atoms with Crippen molar-refractivity contribution in [1.29, 1.82) is 0 Å². The molecule has 1 aromatic carbocycles. The number of nitrogens with zero attached hydrogens (tertiary/aromatic N) is 1. The summed E-state index contributed by atoms with van der Waals surface area (Å²) < 4.78 is 0. The van der Waals surface area contributed by atoms with E-state index in [1.54, 1.807) is 42.5 Å². The highest BCUT2D eigenvalue weighted by Gasteiger charge is 2.16. The maximum Gasteiger partial charge on any atom is 0.256 e. The molecule has 0 unspecified atom stereocenters. The van der Waals surface area contributed by atoms with Gasteiger partial charge in [0.1, 0.15) is 11.6 Å². The summed E-state index contributed by atoms with van der Waals surface area (Å²) in [6.07, 6.45) is 0.398. The molecule has 0 fully saturated rings. The average Bonchev–Trinajstić information content (AvgIpc) is 2.46. The van der Waals surface area contributed by atoms with Crippen LogP contribution in [0.2, 0.25) is 0 Å². The van der Waals surface area contributed by atoms with Crippen LogP contribution in [-0.4, -0.2) is 16.8 Å². The summed E-state index contributed by atoms with van der Waals surface area (Å²) in [6, 6.07) is 14.0. The van der Waals surface area contributed by atoms with Gasteiger partial charge in [-0.25, -0.2) is 4.98 Å². The zero-order chi connectivity index (χ0) is 16.9. The monoisotopic (exact) mass is 311 g/mol. The van der Waals surface area contributed by atoms with Crippen molar-refractivity contribution in [1.82, 2.24) is 4.98 Å². The number of amides is 2. The summed E-state index contributed by atoms with van der Waals surface area (Å²) in [7, 11) is 0. The molecule has 2 N–H and O–H groups in total. The molecule has 2 rings (SSSR count). The zero-order valence-corrected chi connectivity index (χ0v) is 13.6. The van der Waals surface area contributed by atoms with Crippen molar-refractivity contribution in [2.45, 2.75) is 27.2 Å². The van der Waals surface area contributed by atoms with E-state index < -0.39 is 0 Å². The number of nitrogens with one attached hydrogen (secondary N) is 2. The van der Waals surface area contributed by atoms with Gasteiger partial charge in [0.15, 0.2) is 0 Å². The lowest BCUT2D eigenvalue weighted by atomic mass is 9.92. The molecule has 0 atom stereocenters. The summed E-state index contributed by atoms with van der Waals surface area (Å²) >= 11 is 0. The molecule has 5 heteroatoms. The number of carbonyl (C=O) groups excluding carboxylic acids is 2.